The second kappa shape index (κ2) is 12.5. The van der Waals surface area contributed by atoms with Crippen LogP contribution in [0.5, 0.6) is 0 Å². The number of unbranched alkanes of at least 4 members (excludes halogenated alkanes) is 5. The van der Waals surface area contributed by atoms with Crippen molar-refractivity contribution in [1.29, 1.82) is 0 Å². The van der Waals surface area contributed by atoms with E-state index >= 15 is 0 Å². The Kier molecular flexibility index (Phi) is 10.6. The van der Waals surface area contributed by atoms with Crippen molar-refractivity contribution in [2.45, 2.75) is 83.7 Å². The van der Waals surface area contributed by atoms with E-state index in [9.17, 15) is 9.59 Å². The molecule has 0 bridgehead atoms. The predicted octanol–water partition coefficient (Wildman–Crippen LogP) is 5.32. The Morgan fingerprint density at radius 1 is 1.00 bits per heavy atom. The van der Waals surface area contributed by atoms with Gasteiger partial charge in [-0.1, -0.05) is 69.4 Å². The molecule has 0 spiro atoms. The van der Waals surface area contributed by atoms with E-state index in [1.807, 2.05) is 37.3 Å². The minimum Gasteiger partial charge on any atom is -0.481 e. The van der Waals surface area contributed by atoms with E-state index in [4.69, 9.17) is 9.84 Å². The Morgan fingerprint density at radius 2 is 1.64 bits per heavy atom. The molecule has 0 saturated carbocycles. The normalized spacial score (nSPS) is 13.2. The van der Waals surface area contributed by atoms with Crippen LogP contribution in [0.2, 0.25) is 0 Å². The van der Waals surface area contributed by atoms with Crippen LogP contribution in [-0.2, 0) is 14.3 Å². The molecule has 140 valence electrons. The molecule has 1 aromatic rings. The maximum absolute atomic E-state index is 12.4. The highest BCUT2D eigenvalue weighted by atomic mass is 16.5. The highest BCUT2D eigenvalue weighted by Gasteiger charge is 2.21. The summed E-state index contributed by atoms with van der Waals surface area (Å²) in [6.07, 6.45) is 7.84. The number of carbonyl (C=O) groups is 2. The molecule has 1 aromatic carbocycles. The molecule has 0 radical (unpaired) electrons. The van der Waals surface area contributed by atoms with Crippen molar-refractivity contribution >= 4 is 11.9 Å². The van der Waals surface area contributed by atoms with Gasteiger partial charge in [0.05, 0.1) is 5.92 Å². The maximum atomic E-state index is 12.4. The summed E-state index contributed by atoms with van der Waals surface area (Å²) in [6, 6.07) is 9.53. The second-order valence-electron chi connectivity index (χ2n) is 6.68. The lowest BCUT2D eigenvalue weighted by Crippen LogP contribution is -2.23. The van der Waals surface area contributed by atoms with Gasteiger partial charge in [0.25, 0.3) is 0 Å². The Balaban J connectivity index is 2.48. The van der Waals surface area contributed by atoms with Gasteiger partial charge in [-0.2, -0.15) is 0 Å². The topological polar surface area (TPSA) is 63.6 Å². The summed E-state index contributed by atoms with van der Waals surface area (Å²) in [6.45, 7) is 4.02. The van der Waals surface area contributed by atoms with Crippen LogP contribution in [0.1, 0.15) is 83.1 Å². The fraction of sp³-hybridized carbons (Fsp3) is 0.619. The fourth-order valence-corrected chi connectivity index (χ4v) is 2.84. The fourth-order valence-electron chi connectivity index (χ4n) is 2.84. The van der Waals surface area contributed by atoms with Crippen LogP contribution in [-0.4, -0.2) is 23.1 Å². The third-order valence-electron chi connectivity index (χ3n) is 4.50. The van der Waals surface area contributed by atoms with E-state index in [-0.39, 0.29) is 24.4 Å². The Morgan fingerprint density at radius 3 is 2.28 bits per heavy atom. The van der Waals surface area contributed by atoms with Crippen LogP contribution in [0.15, 0.2) is 30.3 Å². The molecule has 1 rings (SSSR count). The van der Waals surface area contributed by atoms with Gasteiger partial charge in [0.2, 0.25) is 0 Å². The summed E-state index contributed by atoms with van der Waals surface area (Å²) in [5.41, 5.74) is 0.920. The summed E-state index contributed by atoms with van der Waals surface area (Å²) in [7, 11) is 0. The molecule has 0 saturated heterocycles. The van der Waals surface area contributed by atoms with Crippen LogP contribution < -0.4 is 0 Å². The Labute approximate surface area is 151 Å². The number of carboxylic acid groups (broad SMARTS) is 1. The summed E-state index contributed by atoms with van der Waals surface area (Å²) < 4.78 is 5.64. The number of hydrogen-bond donors (Lipinski definition) is 1. The molecule has 0 heterocycles. The van der Waals surface area contributed by atoms with Gasteiger partial charge in [0, 0.05) is 6.42 Å². The number of carboxylic acids is 1. The first-order valence-electron chi connectivity index (χ1n) is 9.51. The third kappa shape index (κ3) is 9.28. The number of ether oxygens (including phenoxy) is 1. The van der Waals surface area contributed by atoms with Gasteiger partial charge in [-0.15, -0.1) is 0 Å². The molecule has 0 aliphatic heterocycles. The molecule has 0 amide bonds. The van der Waals surface area contributed by atoms with Gasteiger partial charge in [-0.25, -0.2) is 0 Å². The maximum Gasteiger partial charge on any atom is 0.313 e. The van der Waals surface area contributed by atoms with Crippen LogP contribution in [0.3, 0.4) is 0 Å². The first kappa shape index (κ1) is 21.2. The van der Waals surface area contributed by atoms with Crippen LogP contribution in [0.4, 0.5) is 0 Å². The van der Waals surface area contributed by atoms with Crippen molar-refractivity contribution in [1.82, 2.24) is 0 Å². The molecule has 0 aliphatic carbocycles. The summed E-state index contributed by atoms with van der Waals surface area (Å²) in [5.74, 6) is -1.45. The molecule has 4 heteroatoms. The standard InChI is InChI=1S/C21H32O4/c1-3-4-5-6-7-11-14-19(15-16-20(22)23)25-21(24)17(2)18-12-9-8-10-13-18/h8-10,12-13,17,19H,3-7,11,14-16H2,1-2H3,(H,22,23)/t17-,19-/m1/s1. The lowest BCUT2D eigenvalue weighted by Gasteiger charge is -2.20. The molecular weight excluding hydrogens is 316 g/mol. The molecule has 4 nitrogen and oxygen atoms in total. The van der Waals surface area contributed by atoms with Gasteiger partial charge >= 0.3 is 11.9 Å². The highest BCUT2D eigenvalue weighted by Crippen LogP contribution is 2.20. The third-order valence-corrected chi connectivity index (χ3v) is 4.50. The zero-order valence-electron chi connectivity index (χ0n) is 15.6. The number of esters is 1. The quantitative estimate of drug-likeness (QED) is 0.387. The van der Waals surface area contributed by atoms with Crippen LogP contribution in [0, 0.1) is 0 Å². The zero-order chi connectivity index (χ0) is 18.5. The first-order valence-corrected chi connectivity index (χ1v) is 9.51. The van der Waals surface area contributed by atoms with E-state index in [1.54, 1.807) is 0 Å². The first-order chi connectivity index (χ1) is 12.0. The summed E-state index contributed by atoms with van der Waals surface area (Å²) in [4.78, 5) is 23.3. The molecule has 0 aliphatic rings. The predicted molar refractivity (Wildman–Crippen MR) is 99.6 cm³/mol. The van der Waals surface area contributed by atoms with Crippen LogP contribution >= 0.6 is 0 Å². The largest absolute Gasteiger partial charge is 0.481 e. The number of hydrogen-bond acceptors (Lipinski definition) is 3. The number of rotatable bonds is 13. The van der Waals surface area contributed by atoms with Crippen molar-refractivity contribution in [2.75, 3.05) is 0 Å². The van der Waals surface area contributed by atoms with E-state index in [1.165, 1.54) is 25.7 Å². The van der Waals surface area contributed by atoms with Crippen molar-refractivity contribution in [3.8, 4) is 0 Å². The zero-order valence-corrected chi connectivity index (χ0v) is 15.6. The summed E-state index contributed by atoms with van der Waals surface area (Å²) >= 11 is 0. The second-order valence-corrected chi connectivity index (χ2v) is 6.68. The minimum absolute atomic E-state index is 0.0352. The van der Waals surface area contributed by atoms with Crippen molar-refractivity contribution < 1.29 is 19.4 Å². The van der Waals surface area contributed by atoms with E-state index in [2.05, 4.69) is 6.92 Å². The van der Waals surface area contributed by atoms with Gasteiger partial charge < -0.3 is 9.84 Å². The summed E-state index contributed by atoms with van der Waals surface area (Å²) in [5, 5.41) is 8.91. The SMILES string of the molecule is CCCCCCCC[C@H](CCC(=O)O)OC(=O)[C@H](C)c1ccccc1. The van der Waals surface area contributed by atoms with E-state index in [0.29, 0.717) is 6.42 Å². The number of benzene rings is 1. The van der Waals surface area contributed by atoms with Gasteiger partial charge in [0.15, 0.2) is 0 Å². The van der Waals surface area contributed by atoms with Gasteiger partial charge in [-0.05, 0) is 31.7 Å². The smallest absolute Gasteiger partial charge is 0.313 e. The average Bonchev–Trinajstić information content (AvgIpc) is 2.62. The van der Waals surface area contributed by atoms with E-state index in [0.717, 1.165) is 24.8 Å². The van der Waals surface area contributed by atoms with Crippen molar-refractivity contribution in [3.63, 3.8) is 0 Å². The Hall–Kier alpha value is -1.84. The Bertz CT molecular complexity index is 498. The van der Waals surface area contributed by atoms with Crippen molar-refractivity contribution in [3.05, 3.63) is 35.9 Å². The molecule has 2 atom stereocenters. The van der Waals surface area contributed by atoms with Crippen LogP contribution in [0.25, 0.3) is 0 Å². The molecular formula is C21H32O4. The molecule has 0 aromatic heterocycles. The highest BCUT2D eigenvalue weighted by molar-refractivity contribution is 5.77. The van der Waals surface area contributed by atoms with Crippen molar-refractivity contribution in [2.24, 2.45) is 0 Å². The van der Waals surface area contributed by atoms with Gasteiger partial charge in [-0.3, -0.25) is 9.59 Å². The average molecular weight is 348 g/mol. The lowest BCUT2D eigenvalue weighted by atomic mass is 10.0. The molecule has 25 heavy (non-hydrogen) atoms. The molecule has 0 fully saturated rings. The number of aliphatic carboxylic acids is 1. The lowest BCUT2D eigenvalue weighted by molar-refractivity contribution is -0.152. The minimum atomic E-state index is -0.847. The molecule has 1 N–H and O–H groups in total. The number of carbonyl (C=O) groups excluding carboxylic acids is 1. The van der Waals surface area contributed by atoms with E-state index < -0.39 is 5.97 Å². The van der Waals surface area contributed by atoms with Gasteiger partial charge in [0.1, 0.15) is 6.10 Å². The molecule has 0 unspecified atom stereocenters. The monoisotopic (exact) mass is 348 g/mol.